The van der Waals surface area contributed by atoms with Crippen LogP contribution in [0.25, 0.3) is 110 Å². The first-order valence-corrected chi connectivity index (χ1v) is 27.9. The van der Waals surface area contributed by atoms with Gasteiger partial charge < -0.3 is 9.80 Å². The maximum absolute atomic E-state index is 2.44. The lowest BCUT2D eigenvalue weighted by molar-refractivity contribution is 1.29. The van der Waals surface area contributed by atoms with Gasteiger partial charge in [0.25, 0.3) is 0 Å². The SMILES string of the molecule is Cc1ccc(/C=C/c2ccc(N(c3ccc(C)cc3)c3ccc4c5cccc6c5c(c5cccc3c45)c3cccc4c5ccc(N(c7ccc(C)cc7)c7ccc(/C=C/c8ccc(C)cc8)cc7)c7cccc(c75)c6c43)cc2)cc1. The van der Waals surface area contributed by atoms with Crippen LogP contribution in [-0.2, 0) is 0 Å². The molecule has 0 atom stereocenters. The Bertz CT molecular complexity index is 4600. The molecule has 0 fully saturated rings. The second-order valence-corrected chi connectivity index (χ2v) is 21.9. The van der Waals surface area contributed by atoms with Crippen molar-refractivity contribution in [3.8, 4) is 0 Å². The minimum absolute atomic E-state index is 1.11. The Morgan fingerprint density at radius 3 is 0.750 bits per heavy atom. The van der Waals surface area contributed by atoms with Crippen LogP contribution in [0, 0.1) is 27.7 Å². The van der Waals surface area contributed by atoms with Crippen LogP contribution in [0.15, 0.2) is 243 Å². The van der Waals surface area contributed by atoms with Gasteiger partial charge >= 0.3 is 0 Å². The largest absolute Gasteiger partial charge is 0.310 e. The molecule has 0 heterocycles. The van der Waals surface area contributed by atoms with Crippen LogP contribution in [0.4, 0.5) is 34.1 Å². The molecule has 0 N–H and O–H groups in total. The molecule has 15 aromatic rings. The molecular formula is C78H56N2. The Kier molecular flexibility index (Phi) is 11.1. The van der Waals surface area contributed by atoms with E-state index in [-0.39, 0.29) is 0 Å². The smallest absolute Gasteiger partial charge is 0.0540 e. The molecule has 0 saturated heterocycles. The molecular weight excluding hydrogens is 965 g/mol. The first kappa shape index (κ1) is 47.2. The summed E-state index contributed by atoms with van der Waals surface area (Å²) in [5.74, 6) is 0. The van der Waals surface area contributed by atoms with Gasteiger partial charge in [0.15, 0.2) is 0 Å². The minimum atomic E-state index is 1.11. The van der Waals surface area contributed by atoms with Crippen LogP contribution < -0.4 is 9.80 Å². The predicted molar refractivity (Wildman–Crippen MR) is 348 cm³/mol. The maximum Gasteiger partial charge on any atom is 0.0540 e. The molecule has 2 heteroatoms. The van der Waals surface area contributed by atoms with Crippen LogP contribution >= 0.6 is 0 Å². The lowest BCUT2D eigenvalue weighted by atomic mass is 9.81. The Labute approximate surface area is 466 Å². The van der Waals surface area contributed by atoms with Crippen molar-refractivity contribution in [1.82, 2.24) is 0 Å². The Morgan fingerprint density at radius 2 is 0.425 bits per heavy atom. The summed E-state index contributed by atoms with van der Waals surface area (Å²) in [6.45, 7) is 8.58. The van der Waals surface area contributed by atoms with Gasteiger partial charge in [-0.25, -0.2) is 0 Å². The van der Waals surface area contributed by atoms with E-state index in [0.29, 0.717) is 0 Å². The highest BCUT2D eigenvalue weighted by Crippen LogP contribution is 2.53. The molecule has 0 amide bonds. The fraction of sp³-hybridized carbons (Fsp3) is 0.0513. The third kappa shape index (κ3) is 7.78. The zero-order valence-electron chi connectivity index (χ0n) is 45.3. The number of benzene rings is 15. The van der Waals surface area contributed by atoms with Crippen molar-refractivity contribution in [3.05, 3.63) is 287 Å². The van der Waals surface area contributed by atoms with E-state index >= 15 is 0 Å². The first-order chi connectivity index (χ1) is 39.3. The molecule has 0 aliphatic rings. The normalized spacial score (nSPS) is 12.2. The quantitative estimate of drug-likeness (QED) is 0.0765. The number of hydrogen-bond acceptors (Lipinski definition) is 2. The summed E-state index contributed by atoms with van der Waals surface area (Å²) < 4.78 is 0. The lowest BCUT2D eigenvalue weighted by Crippen LogP contribution is -2.10. The highest BCUT2D eigenvalue weighted by Gasteiger charge is 2.25. The highest BCUT2D eigenvalue weighted by atomic mass is 15.1. The average Bonchev–Trinajstić information content (AvgIpc) is 3.45. The second kappa shape index (κ2) is 18.9. The van der Waals surface area contributed by atoms with Crippen LogP contribution in [-0.4, -0.2) is 0 Å². The van der Waals surface area contributed by atoms with Crippen molar-refractivity contribution in [2.75, 3.05) is 9.80 Å². The summed E-state index contributed by atoms with van der Waals surface area (Å²) in [5, 5.41) is 20.5. The first-order valence-electron chi connectivity index (χ1n) is 27.9. The molecule has 0 saturated carbocycles. The van der Waals surface area contributed by atoms with Crippen molar-refractivity contribution in [3.63, 3.8) is 0 Å². The van der Waals surface area contributed by atoms with Crippen molar-refractivity contribution < 1.29 is 0 Å². The van der Waals surface area contributed by atoms with E-state index in [4.69, 9.17) is 0 Å². The Hall–Kier alpha value is -10.0. The number of nitrogens with zero attached hydrogens (tertiary/aromatic N) is 2. The number of fused-ring (bicyclic) bond motifs is 6. The molecule has 0 aromatic heterocycles. The van der Waals surface area contributed by atoms with Gasteiger partial charge in [-0.1, -0.05) is 229 Å². The number of rotatable bonds is 10. The molecule has 0 unspecified atom stereocenters. The maximum atomic E-state index is 2.44. The number of aryl methyl sites for hydroxylation is 4. The summed E-state index contributed by atoms with van der Waals surface area (Å²) in [6, 6.07) is 90.8. The van der Waals surface area contributed by atoms with Gasteiger partial charge in [0.05, 0.1) is 11.4 Å². The minimum Gasteiger partial charge on any atom is -0.310 e. The molecule has 15 rings (SSSR count). The molecule has 0 aliphatic heterocycles. The predicted octanol–water partition coefficient (Wildman–Crippen LogP) is 22.3. The van der Waals surface area contributed by atoms with Crippen molar-refractivity contribution >= 4 is 145 Å². The van der Waals surface area contributed by atoms with E-state index < -0.39 is 0 Å². The van der Waals surface area contributed by atoms with E-state index in [1.165, 1.54) is 120 Å². The van der Waals surface area contributed by atoms with Gasteiger partial charge in [-0.3, -0.25) is 0 Å². The molecule has 0 radical (unpaired) electrons. The Balaban J connectivity index is 0.920. The summed E-state index contributed by atoms with van der Waals surface area (Å²) in [4.78, 5) is 4.88. The van der Waals surface area contributed by atoms with E-state index in [2.05, 4.69) is 304 Å². The van der Waals surface area contributed by atoms with E-state index in [1.807, 2.05) is 0 Å². The van der Waals surface area contributed by atoms with Crippen LogP contribution in [0.2, 0.25) is 0 Å². The van der Waals surface area contributed by atoms with Gasteiger partial charge in [0, 0.05) is 33.5 Å². The zero-order chi connectivity index (χ0) is 53.6. The molecule has 15 aromatic carbocycles. The standard InChI is InChI=1S/C78H56N2/c1-49-17-25-53(26-18-49)29-31-55-33-41-59(42-34-55)79(57-37-21-51(3)22-38-57)71-47-45-63-61-9-5-16-70-75(61)77(67-13-7-11-65(71)73(63)67)69-15-6-10-62-64-46-48-72(66-12-8-14-68(74(64)66)78(70)76(62)69)80(58-39-23-52(4)24-40-58)60-43-35-56(36-44-60)32-30-54-27-19-50(2)20-28-54/h5-48H,1-4H3/b31-29+,32-30+. The molecule has 0 spiro atoms. The fourth-order valence-corrected chi connectivity index (χ4v) is 12.8. The van der Waals surface area contributed by atoms with Crippen molar-refractivity contribution in [2.45, 2.75) is 27.7 Å². The summed E-state index contributed by atoms with van der Waals surface area (Å²) in [6.07, 6.45) is 8.79. The van der Waals surface area contributed by atoms with Crippen molar-refractivity contribution in [2.24, 2.45) is 0 Å². The number of anilines is 6. The fourth-order valence-electron chi connectivity index (χ4n) is 12.8. The highest BCUT2D eigenvalue weighted by molar-refractivity contribution is 6.48. The third-order valence-electron chi connectivity index (χ3n) is 16.8. The monoisotopic (exact) mass is 1020 g/mol. The van der Waals surface area contributed by atoms with E-state index in [9.17, 15) is 0 Å². The van der Waals surface area contributed by atoms with Crippen LogP contribution in [0.5, 0.6) is 0 Å². The van der Waals surface area contributed by atoms with Gasteiger partial charge in [-0.2, -0.15) is 0 Å². The molecule has 0 aliphatic carbocycles. The van der Waals surface area contributed by atoms with Gasteiger partial charge in [0.1, 0.15) is 0 Å². The van der Waals surface area contributed by atoms with E-state index in [1.54, 1.807) is 0 Å². The van der Waals surface area contributed by atoms with E-state index in [0.717, 1.165) is 45.3 Å². The third-order valence-corrected chi connectivity index (χ3v) is 16.8. The summed E-state index contributed by atoms with van der Waals surface area (Å²) in [7, 11) is 0. The van der Waals surface area contributed by atoms with Gasteiger partial charge in [0.2, 0.25) is 0 Å². The molecule has 80 heavy (non-hydrogen) atoms. The molecule has 2 nitrogen and oxygen atoms in total. The van der Waals surface area contributed by atoms with Crippen LogP contribution in [0.3, 0.4) is 0 Å². The summed E-state index contributed by atoms with van der Waals surface area (Å²) >= 11 is 0. The van der Waals surface area contributed by atoms with Gasteiger partial charge in [-0.15, -0.1) is 0 Å². The molecule has 0 bridgehead atoms. The summed E-state index contributed by atoms with van der Waals surface area (Å²) in [5.41, 5.74) is 16.5. The number of hydrogen-bond donors (Lipinski definition) is 0. The van der Waals surface area contributed by atoms with Crippen LogP contribution in [0.1, 0.15) is 44.5 Å². The van der Waals surface area contributed by atoms with Gasteiger partial charge in [-0.05, 0) is 186 Å². The van der Waals surface area contributed by atoms with Crippen molar-refractivity contribution in [1.29, 1.82) is 0 Å². The second-order valence-electron chi connectivity index (χ2n) is 21.9. The zero-order valence-corrected chi connectivity index (χ0v) is 45.3. The lowest BCUT2D eigenvalue weighted by Gasteiger charge is -2.29. The topological polar surface area (TPSA) is 6.48 Å². The molecule has 378 valence electrons. The average molecular weight is 1020 g/mol. The Morgan fingerprint density at radius 1 is 0.200 bits per heavy atom.